The van der Waals surface area contributed by atoms with Crippen LogP contribution >= 0.6 is 0 Å². The van der Waals surface area contributed by atoms with Crippen LogP contribution in [0.5, 0.6) is 17.2 Å². The van der Waals surface area contributed by atoms with Crippen molar-refractivity contribution in [1.82, 2.24) is 0 Å². The molecule has 0 heterocycles. The summed E-state index contributed by atoms with van der Waals surface area (Å²) in [5.41, 5.74) is 0.872. The smallest absolute Gasteiger partial charge is 0.255 e. The zero-order valence-electron chi connectivity index (χ0n) is 11.8. The molecule has 0 spiro atoms. The molecule has 0 aliphatic heterocycles. The molecule has 0 aliphatic rings. The molecule has 21 heavy (non-hydrogen) atoms. The predicted molar refractivity (Wildman–Crippen MR) is 79.9 cm³/mol. The van der Waals surface area contributed by atoms with Crippen molar-refractivity contribution >= 4 is 11.6 Å². The van der Waals surface area contributed by atoms with Gasteiger partial charge in [0.15, 0.2) is 11.5 Å². The second-order valence-corrected chi connectivity index (χ2v) is 4.85. The number of phenols is 2. The highest BCUT2D eigenvalue weighted by molar-refractivity contribution is 6.04. The van der Waals surface area contributed by atoms with Gasteiger partial charge in [0.1, 0.15) is 5.75 Å². The maximum atomic E-state index is 12.0. The molecule has 5 nitrogen and oxygen atoms in total. The van der Waals surface area contributed by atoms with E-state index in [1.165, 1.54) is 18.2 Å². The Kier molecular flexibility index (Phi) is 4.33. The number of hydrogen-bond acceptors (Lipinski definition) is 4. The van der Waals surface area contributed by atoms with Crippen LogP contribution in [-0.4, -0.2) is 22.2 Å². The summed E-state index contributed by atoms with van der Waals surface area (Å²) in [4.78, 5) is 12.0. The van der Waals surface area contributed by atoms with Gasteiger partial charge in [-0.1, -0.05) is 0 Å². The highest BCUT2D eigenvalue weighted by Crippen LogP contribution is 2.25. The molecule has 3 N–H and O–H groups in total. The number of phenolic OH excluding ortho intramolecular Hbond substituents is 2. The van der Waals surface area contributed by atoms with Crippen LogP contribution in [0.25, 0.3) is 0 Å². The molecule has 2 aromatic carbocycles. The third kappa shape index (κ3) is 3.89. The van der Waals surface area contributed by atoms with E-state index in [1.807, 2.05) is 13.8 Å². The van der Waals surface area contributed by atoms with Gasteiger partial charge in [-0.25, -0.2) is 0 Å². The molecule has 0 aromatic heterocycles. The van der Waals surface area contributed by atoms with Gasteiger partial charge in [0, 0.05) is 11.3 Å². The lowest BCUT2D eigenvalue weighted by atomic mass is 10.2. The summed E-state index contributed by atoms with van der Waals surface area (Å²) in [5, 5.41) is 21.3. The molecule has 0 aliphatic carbocycles. The number of carbonyl (C=O) groups excluding carboxylic acids is 1. The standard InChI is InChI=1S/C16H17NO4/c1-10(2)21-13-6-4-12(5-7-13)17-16(20)11-3-8-14(18)15(19)9-11/h3-10,18-19H,1-2H3,(H,17,20). The number of carbonyl (C=O) groups is 1. The summed E-state index contributed by atoms with van der Waals surface area (Å²) in [6.45, 7) is 3.87. The van der Waals surface area contributed by atoms with Gasteiger partial charge in [0.05, 0.1) is 6.10 Å². The summed E-state index contributed by atoms with van der Waals surface area (Å²) < 4.78 is 5.51. The van der Waals surface area contributed by atoms with E-state index in [0.717, 1.165) is 5.75 Å². The van der Waals surface area contributed by atoms with Gasteiger partial charge in [-0.2, -0.15) is 0 Å². The quantitative estimate of drug-likeness (QED) is 0.755. The highest BCUT2D eigenvalue weighted by Gasteiger charge is 2.09. The summed E-state index contributed by atoms with van der Waals surface area (Å²) in [6.07, 6.45) is 0.0883. The van der Waals surface area contributed by atoms with E-state index in [-0.39, 0.29) is 29.1 Å². The van der Waals surface area contributed by atoms with Crippen molar-refractivity contribution < 1.29 is 19.7 Å². The number of hydrogen-bond donors (Lipinski definition) is 3. The van der Waals surface area contributed by atoms with E-state index in [4.69, 9.17) is 4.74 Å². The van der Waals surface area contributed by atoms with Gasteiger partial charge in [-0.05, 0) is 56.3 Å². The average molecular weight is 287 g/mol. The van der Waals surface area contributed by atoms with Gasteiger partial charge in [-0.15, -0.1) is 0 Å². The minimum atomic E-state index is -0.372. The van der Waals surface area contributed by atoms with Crippen molar-refractivity contribution in [3.05, 3.63) is 48.0 Å². The molecule has 2 aromatic rings. The number of nitrogens with one attached hydrogen (secondary N) is 1. The van der Waals surface area contributed by atoms with E-state index in [0.29, 0.717) is 5.69 Å². The fraction of sp³-hybridized carbons (Fsp3) is 0.188. The highest BCUT2D eigenvalue weighted by atomic mass is 16.5. The van der Waals surface area contributed by atoms with Crippen molar-refractivity contribution in [3.8, 4) is 17.2 Å². The van der Waals surface area contributed by atoms with E-state index in [9.17, 15) is 15.0 Å². The Morgan fingerprint density at radius 3 is 2.29 bits per heavy atom. The van der Waals surface area contributed by atoms with Crippen molar-refractivity contribution in [3.63, 3.8) is 0 Å². The molecule has 0 saturated carbocycles. The van der Waals surface area contributed by atoms with Crippen LogP contribution < -0.4 is 10.1 Å². The minimum Gasteiger partial charge on any atom is -0.504 e. The van der Waals surface area contributed by atoms with Gasteiger partial charge < -0.3 is 20.3 Å². The zero-order valence-corrected chi connectivity index (χ0v) is 11.8. The normalized spacial score (nSPS) is 10.4. The van der Waals surface area contributed by atoms with Crippen LogP contribution in [-0.2, 0) is 0 Å². The van der Waals surface area contributed by atoms with Crippen LogP contribution in [0.2, 0.25) is 0 Å². The zero-order chi connectivity index (χ0) is 15.4. The van der Waals surface area contributed by atoms with Crippen LogP contribution in [0.1, 0.15) is 24.2 Å². The molecule has 0 bridgehead atoms. The van der Waals surface area contributed by atoms with E-state index >= 15 is 0 Å². The molecule has 0 fully saturated rings. The van der Waals surface area contributed by atoms with Crippen LogP contribution in [0, 0.1) is 0 Å². The summed E-state index contributed by atoms with van der Waals surface area (Å²) in [7, 11) is 0. The topological polar surface area (TPSA) is 78.8 Å². The average Bonchev–Trinajstić information content (AvgIpc) is 2.43. The van der Waals surface area contributed by atoms with E-state index in [2.05, 4.69) is 5.32 Å². The molecule has 0 atom stereocenters. The van der Waals surface area contributed by atoms with E-state index in [1.54, 1.807) is 24.3 Å². The predicted octanol–water partition coefficient (Wildman–Crippen LogP) is 3.14. The van der Waals surface area contributed by atoms with Gasteiger partial charge in [0.2, 0.25) is 0 Å². The first-order valence-corrected chi connectivity index (χ1v) is 6.56. The Morgan fingerprint density at radius 1 is 1.05 bits per heavy atom. The number of benzene rings is 2. The molecule has 1 amide bonds. The summed E-state index contributed by atoms with van der Waals surface area (Å²) in [5.74, 6) is -0.238. The van der Waals surface area contributed by atoms with Crippen LogP contribution in [0.15, 0.2) is 42.5 Å². The third-order valence-corrected chi connectivity index (χ3v) is 2.72. The van der Waals surface area contributed by atoms with Crippen LogP contribution in [0.3, 0.4) is 0 Å². The van der Waals surface area contributed by atoms with Gasteiger partial charge >= 0.3 is 0 Å². The lowest BCUT2D eigenvalue weighted by Gasteiger charge is -2.11. The number of anilines is 1. The monoisotopic (exact) mass is 287 g/mol. The summed E-state index contributed by atoms with van der Waals surface area (Å²) in [6, 6.07) is 10.9. The van der Waals surface area contributed by atoms with E-state index < -0.39 is 0 Å². The first-order chi connectivity index (χ1) is 9.95. The number of aromatic hydroxyl groups is 2. The second kappa shape index (κ2) is 6.17. The molecular formula is C16H17NO4. The molecule has 0 radical (unpaired) electrons. The maximum Gasteiger partial charge on any atom is 0.255 e. The molecule has 0 unspecified atom stereocenters. The lowest BCUT2D eigenvalue weighted by Crippen LogP contribution is -2.11. The number of rotatable bonds is 4. The Labute approximate surface area is 122 Å². The lowest BCUT2D eigenvalue weighted by molar-refractivity contribution is 0.102. The second-order valence-electron chi connectivity index (χ2n) is 4.85. The van der Waals surface area contributed by atoms with Crippen molar-refractivity contribution in [2.24, 2.45) is 0 Å². The van der Waals surface area contributed by atoms with Gasteiger partial charge in [0.25, 0.3) is 5.91 Å². The van der Waals surface area contributed by atoms with Crippen molar-refractivity contribution in [2.45, 2.75) is 20.0 Å². The first-order valence-electron chi connectivity index (χ1n) is 6.56. The van der Waals surface area contributed by atoms with Crippen LogP contribution in [0.4, 0.5) is 5.69 Å². The number of ether oxygens (including phenoxy) is 1. The Bertz CT molecular complexity index is 635. The van der Waals surface area contributed by atoms with Crippen molar-refractivity contribution in [1.29, 1.82) is 0 Å². The molecule has 0 saturated heterocycles. The fourth-order valence-corrected chi connectivity index (χ4v) is 1.76. The van der Waals surface area contributed by atoms with Gasteiger partial charge in [-0.3, -0.25) is 4.79 Å². The minimum absolute atomic E-state index is 0.0883. The first kappa shape index (κ1) is 14.7. The Hall–Kier alpha value is -2.69. The molecular weight excluding hydrogens is 270 g/mol. The Morgan fingerprint density at radius 2 is 1.71 bits per heavy atom. The molecule has 5 heteroatoms. The third-order valence-electron chi connectivity index (χ3n) is 2.72. The Balaban J connectivity index is 2.06. The maximum absolute atomic E-state index is 12.0. The SMILES string of the molecule is CC(C)Oc1ccc(NC(=O)c2ccc(O)c(O)c2)cc1. The number of amides is 1. The summed E-state index contributed by atoms with van der Waals surface area (Å²) >= 11 is 0. The van der Waals surface area contributed by atoms with Crippen molar-refractivity contribution in [2.75, 3.05) is 5.32 Å². The molecule has 2 rings (SSSR count). The molecule has 110 valence electrons. The largest absolute Gasteiger partial charge is 0.504 e. The fourth-order valence-electron chi connectivity index (χ4n) is 1.76.